The van der Waals surface area contributed by atoms with Crippen LogP contribution in [0.4, 0.5) is 8.78 Å². The maximum atomic E-state index is 13.1. The minimum absolute atomic E-state index is 0.153. The molecule has 134 valence electrons. The Morgan fingerprint density at radius 1 is 1.32 bits per heavy atom. The third-order valence-electron chi connectivity index (χ3n) is 4.73. The average Bonchev–Trinajstić information content (AvgIpc) is 2.93. The third kappa shape index (κ3) is 3.54. The van der Waals surface area contributed by atoms with E-state index in [0.29, 0.717) is 31.0 Å². The van der Waals surface area contributed by atoms with Crippen LogP contribution in [0.25, 0.3) is 5.70 Å². The number of nitrogens with one attached hydrogen (secondary N) is 2. The van der Waals surface area contributed by atoms with Gasteiger partial charge >= 0.3 is 0 Å². The molecule has 1 fully saturated rings. The number of fused-ring (bicyclic) bond motifs is 1. The summed E-state index contributed by atoms with van der Waals surface area (Å²) in [6.45, 7) is 14.0. The number of benzene rings is 1. The molecule has 3 rings (SSSR count). The van der Waals surface area contributed by atoms with E-state index in [1.807, 2.05) is 18.2 Å². The zero-order valence-corrected chi connectivity index (χ0v) is 14.5. The summed E-state index contributed by atoms with van der Waals surface area (Å²) >= 11 is 0. The van der Waals surface area contributed by atoms with Crippen LogP contribution in [-0.4, -0.2) is 23.0 Å². The summed E-state index contributed by atoms with van der Waals surface area (Å²) in [7, 11) is 0. The highest BCUT2D eigenvalue weighted by Crippen LogP contribution is 2.34. The molecule has 0 amide bonds. The Balaban J connectivity index is 1.73. The largest absolute Gasteiger partial charge is 0.363 e. The van der Waals surface area contributed by atoms with Crippen LogP contribution < -0.4 is 16.4 Å². The van der Waals surface area contributed by atoms with Crippen LogP contribution in [0.5, 0.6) is 0 Å². The summed E-state index contributed by atoms with van der Waals surface area (Å²) in [5.41, 5.74) is 10.1. The third-order valence-corrected chi connectivity index (χ3v) is 4.73. The SMILES string of the molecule is C=C1NC(=C)C(N)(CN2Cc3cc(CCC(C)(F)F)ccc3C2=C)N1. The average molecular weight is 346 g/mol. The molecule has 1 atom stereocenters. The molecule has 1 aromatic carbocycles. The number of rotatable bonds is 5. The van der Waals surface area contributed by atoms with Crippen LogP contribution in [0.2, 0.25) is 0 Å². The zero-order chi connectivity index (χ0) is 18.4. The molecule has 0 bridgehead atoms. The molecule has 0 saturated carbocycles. The molecule has 1 aromatic rings. The Morgan fingerprint density at radius 3 is 2.64 bits per heavy atom. The number of halogens is 2. The maximum Gasteiger partial charge on any atom is 0.245 e. The number of alkyl halides is 2. The molecule has 0 aromatic heterocycles. The summed E-state index contributed by atoms with van der Waals surface area (Å²) in [4.78, 5) is 2.07. The Kier molecular flexibility index (Phi) is 4.11. The standard InChI is InChI=1S/C19H24F2N4/c1-12-17-6-5-15(7-8-18(4,20)21)9-16(17)10-25(12)11-19(22)13(2)23-14(3)24-19/h5-6,9,23-24H,1-3,7-8,10-11,22H2,4H3. The van der Waals surface area contributed by atoms with Gasteiger partial charge in [-0.2, -0.15) is 0 Å². The van der Waals surface area contributed by atoms with Crippen LogP contribution in [-0.2, 0) is 13.0 Å². The summed E-state index contributed by atoms with van der Waals surface area (Å²) in [5.74, 6) is -2.03. The van der Waals surface area contributed by atoms with Gasteiger partial charge in [0.2, 0.25) is 5.92 Å². The first-order chi connectivity index (χ1) is 11.6. The quantitative estimate of drug-likeness (QED) is 0.767. The van der Waals surface area contributed by atoms with Crippen LogP contribution in [0.1, 0.15) is 30.0 Å². The van der Waals surface area contributed by atoms with Crippen molar-refractivity contribution in [1.29, 1.82) is 0 Å². The first-order valence-corrected chi connectivity index (χ1v) is 8.24. The van der Waals surface area contributed by atoms with Gasteiger partial charge in [-0.25, -0.2) is 8.78 Å². The number of hydrogen-bond acceptors (Lipinski definition) is 4. The van der Waals surface area contributed by atoms with E-state index >= 15 is 0 Å². The molecule has 2 aliphatic heterocycles. The predicted octanol–water partition coefficient (Wildman–Crippen LogP) is 2.89. The van der Waals surface area contributed by atoms with Crippen LogP contribution in [0.3, 0.4) is 0 Å². The summed E-state index contributed by atoms with van der Waals surface area (Å²) in [5, 5.41) is 6.11. The van der Waals surface area contributed by atoms with E-state index in [4.69, 9.17) is 5.73 Å². The summed E-state index contributed by atoms with van der Waals surface area (Å²) in [6.07, 6.45) is 0.200. The summed E-state index contributed by atoms with van der Waals surface area (Å²) < 4.78 is 26.2. The van der Waals surface area contributed by atoms with Gasteiger partial charge in [-0.3, -0.25) is 0 Å². The van der Waals surface area contributed by atoms with Gasteiger partial charge in [0.25, 0.3) is 0 Å². The predicted molar refractivity (Wildman–Crippen MR) is 96.3 cm³/mol. The minimum Gasteiger partial charge on any atom is -0.363 e. The van der Waals surface area contributed by atoms with Crippen molar-refractivity contribution in [3.8, 4) is 0 Å². The molecule has 2 aliphatic rings. The molecule has 0 radical (unpaired) electrons. The van der Waals surface area contributed by atoms with Crippen molar-refractivity contribution in [2.45, 2.75) is 37.9 Å². The van der Waals surface area contributed by atoms with Crippen molar-refractivity contribution < 1.29 is 8.78 Å². The van der Waals surface area contributed by atoms with Crippen molar-refractivity contribution >= 4 is 5.70 Å². The lowest BCUT2D eigenvalue weighted by atomic mass is 10.0. The van der Waals surface area contributed by atoms with Gasteiger partial charge in [-0.05, 0) is 24.5 Å². The van der Waals surface area contributed by atoms with Crippen LogP contribution >= 0.6 is 0 Å². The van der Waals surface area contributed by atoms with Crippen molar-refractivity contribution in [2.75, 3.05) is 6.54 Å². The first kappa shape index (κ1) is 17.5. The smallest absolute Gasteiger partial charge is 0.245 e. The molecule has 25 heavy (non-hydrogen) atoms. The Labute approximate surface area is 147 Å². The molecule has 6 heteroatoms. The first-order valence-electron chi connectivity index (χ1n) is 8.24. The van der Waals surface area contributed by atoms with Gasteiger partial charge in [-0.15, -0.1) is 0 Å². The van der Waals surface area contributed by atoms with E-state index < -0.39 is 11.6 Å². The minimum atomic E-state index is -2.65. The molecule has 1 saturated heterocycles. The number of aryl methyl sites for hydroxylation is 1. The van der Waals surface area contributed by atoms with Crippen LogP contribution in [0, 0.1) is 0 Å². The molecular weight excluding hydrogens is 322 g/mol. The topological polar surface area (TPSA) is 53.3 Å². The molecule has 4 N–H and O–H groups in total. The van der Waals surface area contributed by atoms with E-state index in [1.165, 1.54) is 0 Å². The van der Waals surface area contributed by atoms with Gasteiger partial charge < -0.3 is 21.3 Å². The van der Waals surface area contributed by atoms with Crippen molar-refractivity contribution in [3.05, 3.63) is 66.1 Å². The van der Waals surface area contributed by atoms with E-state index in [1.54, 1.807) is 0 Å². The van der Waals surface area contributed by atoms with Crippen molar-refractivity contribution in [2.24, 2.45) is 5.73 Å². The molecule has 0 spiro atoms. The second-order valence-corrected chi connectivity index (χ2v) is 7.04. The Bertz CT molecular complexity index is 750. The lowest BCUT2D eigenvalue weighted by Gasteiger charge is -2.31. The highest BCUT2D eigenvalue weighted by molar-refractivity contribution is 5.69. The second-order valence-electron chi connectivity index (χ2n) is 7.04. The number of hydrogen-bond donors (Lipinski definition) is 3. The number of nitrogens with zero attached hydrogens (tertiary/aromatic N) is 1. The second kappa shape index (κ2) is 5.88. The van der Waals surface area contributed by atoms with Gasteiger partial charge in [0, 0.05) is 24.2 Å². The fourth-order valence-electron chi connectivity index (χ4n) is 3.31. The Hall–Kier alpha value is -2.34. The highest BCUT2D eigenvalue weighted by atomic mass is 19.3. The van der Waals surface area contributed by atoms with Crippen molar-refractivity contribution in [1.82, 2.24) is 15.5 Å². The van der Waals surface area contributed by atoms with Gasteiger partial charge in [0.15, 0.2) is 0 Å². The molecule has 2 heterocycles. The van der Waals surface area contributed by atoms with Gasteiger partial charge in [-0.1, -0.05) is 37.9 Å². The van der Waals surface area contributed by atoms with E-state index in [2.05, 4.69) is 35.3 Å². The maximum absolute atomic E-state index is 13.1. The lowest BCUT2D eigenvalue weighted by Crippen LogP contribution is -2.56. The molecule has 4 nitrogen and oxygen atoms in total. The van der Waals surface area contributed by atoms with Crippen molar-refractivity contribution in [3.63, 3.8) is 0 Å². The Morgan fingerprint density at radius 2 is 2.04 bits per heavy atom. The highest BCUT2D eigenvalue weighted by Gasteiger charge is 2.38. The molecule has 1 unspecified atom stereocenters. The lowest BCUT2D eigenvalue weighted by molar-refractivity contribution is 0.0133. The normalized spacial score (nSPS) is 22.9. The van der Waals surface area contributed by atoms with Crippen LogP contribution in [0.15, 0.2) is 49.5 Å². The van der Waals surface area contributed by atoms with Gasteiger partial charge in [0.1, 0.15) is 5.66 Å². The fraction of sp³-hybridized carbons (Fsp3) is 0.368. The number of nitrogens with two attached hydrogens (primary N) is 1. The van der Waals surface area contributed by atoms with E-state index in [-0.39, 0.29) is 6.42 Å². The van der Waals surface area contributed by atoms with Gasteiger partial charge in [0.05, 0.1) is 18.1 Å². The zero-order valence-electron chi connectivity index (χ0n) is 14.5. The van der Waals surface area contributed by atoms with E-state index in [0.717, 1.165) is 29.3 Å². The molecular formula is C19H24F2N4. The molecule has 0 aliphatic carbocycles. The summed E-state index contributed by atoms with van der Waals surface area (Å²) in [6, 6.07) is 5.84. The monoisotopic (exact) mass is 346 g/mol. The fourth-order valence-corrected chi connectivity index (χ4v) is 3.31. The van der Waals surface area contributed by atoms with E-state index in [9.17, 15) is 8.78 Å².